The van der Waals surface area contributed by atoms with Crippen molar-refractivity contribution < 1.29 is 4.79 Å². The van der Waals surface area contributed by atoms with Crippen molar-refractivity contribution in [2.24, 2.45) is 5.73 Å². The lowest BCUT2D eigenvalue weighted by Crippen LogP contribution is -2.50. The summed E-state index contributed by atoms with van der Waals surface area (Å²) in [4.78, 5) is 14.8. The van der Waals surface area contributed by atoms with Gasteiger partial charge >= 0.3 is 0 Å². The van der Waals surface area contributed by atoms with Crippen LogP contribution in [-0.2, 0) is 17.6 Å². The van der Waals surface area contributed by atoms with Crippen molar-refractivity contribution in [2.75, 3.05) is 0 Å². The quantitative estimate of drug-likeness (QED) is 0.893. The Kier molecular flexibility index (Phi) is 4.00. The van der Waals surface area contributed by atoms with Crippen LogP contribution in [0.5, 0.6) is 0 Å². The van der Waals surface area contributed by atoms with Crippen molar-refractivity contribution in [1.82, 2.24) is 0 Å². The summed E-state index contributed by atoms with van der Waals surface area (Å²) in [5.41, 5.74) is 5.71. The molecule has 1 aromatic heterocycles. The van der Waals surface area contributed by atoms with Crippen LogP contribution in [0.1, 0.15) is 48.8 Å². The molecule has 0 bridgehead atoms. The smallest absolute Gasteiger partial charge is 0.157 e. The second-order valence-corrected chi connectivity index (χ2v) is 6.29. The second kappa shape index (κ2) is 5.32. The van der Waals surface area contributed by atoms with Gasteiger partial charge in [0.05, 0.1) is 5.54 Å². The SMILES string of the molecule is CCc1ccc(CC(=O)C2(N)CCCCC2)s1. The highest BCUT2D eigenvalue weighted by Gasteiger charge is 2.34. The standard InChI is InChI=1S/C14H21NOS/c1-2-11-6-7-12(17-11)10-13(16)14(15)8-4-3-5-9-14/h6-7H,2-5,8-10,15H2,1H3. The molecule has 0 spiro atoms. The summed E-state index contributed by atoms with van der Waals surface area (Å²) in [5, 5.41) is 0. The molecular weight excluding hydrogens is 230 g/mol. The molecule has 94 valence electrons. The Morgan fingerprint density at radius 2 is 1.94 bits per heavy atom. The van der Waals surface area contributed by atoms with Gasteiger partial charge in [-0.15, -0.1) is 11.3 Å². The van der Waals surface area contributed by atoms with Crippen molar-refractivity contribution in [3.8, 4) is 0 Å². The van der Waals surface area contributed by atoms with Crippen LogP contribution in [0.25, 0.3) is 0 Å². The van der Waals surface area contributed by atoms with Crippen molar-refractivity contribution >= 4 is 17.1 Å². The molecule has 0 atom stereocenters. The van der Waals surface area contributed by atoms with E-state index in [1.807, 2.05) is 0 Å². The Labute approximate surface area is 107 Å². The number of nitrogens with two attached hydrogens (primary N) is 1. The highest BCUT2D eigenvalue weighted by molar-refractivity contribution is 7.12. The maximum Gasteiger partial charge on any atom is 0.157 e. The number of rotatable bonds is 4. The summed E-state index contributed by atoms with van der Waals surface area (Å²) in [6, 6.07) is 4.20. The third-order valence-electron chi connectivity index (χ3n) is 3.70. The molecule has 17 heavy (non-hydrogen) atoms. The minimum atomic E-state index is -0.533. The molecule has 2 nitrogen and oxygen atoms in total. The Balaban J connectivity index is 2.00. The van der Waals surface area contributed by atoms with Gasteiger partial charge in [0.15, 0.2) is 5.78 Å². The van der Waals surface area contributed by atoms with E-state index >= 15 is 0 Å². The Bertz CT molecular complexity index is 391. The van der Waals surface area contributed by atoms with Crippen LogP contribution in [0.4, 0.5) is 0 Å². The zero-order valence-electron chi connectivity index (χ0n) is 10.5. The molecular formula is C14H21NOS. The van der Waals surface area contributed by atoms with Crippen molar-refractivity contribution in [3.63, 3.8) is 0 Å². The Morgan fingerprint density at radius 3 is 2.53 bits per heavy atom. The first kappa shape index (κ1) is 12.8. The van der Waals surface area contributed by atoms with Crippen LogP contribution in [-0.4, -0.2) is 11.3 Å². The van der Waals surface area contributed by atoms with Gasteiger partial charge < -0.3 is 5.73 Å². The molecule has 2 rings (SSSR count). The molecule has 3 heteroatoms. The summed E-state index contributed by atoms with van der Waals surface area (Å²) in [6.45, 7) is 2.14. The van der Waals surface area contributed by atoms with Crippen LogP contribution in [0.3, 0.4) is 0 Å². The molecule has 1 heterocycles. The molecule has 1 saturated carbocycles. The summed E-state index contributed by atoms with van der Waals surface area (Å²) >= 11 is 1.75. The molecule has 0 saturated heterocycles. The van der Waals surface area contributed by atoms with Gasteiger partial charge in [0.25, 0.3) is 0 Å². The van der Waals surface area contributed by atoms with E-state index in [9.17, 15) is 4.79 Å². The Hall–Kier alpha value is -0.670. The molecule has 1 fully saturated rings. The maximum atomic E-state index is 12.3. The predicted molar refractivity (Wildman–Crippen MR) is 72.4 cm³/mol. The molecule has 0 aromatic carbocycles. The lowest BCUT2D eigenvalue weighted by atomic mass is 9.78. The van der Waals surface area contributed by atoms with Crippen LogP contribution in [0, 0.1) is 0 Å². The fraction of sp³-hybridized carbons (Fsp3) is 0.643. The van der Waals surface area contributed by atoms with Crippen molar-refractivity contribution in [1.29, 1.82) is 0 Å². The van der Waals surface area contributed by atoms with Gasteiger partial charge in [-0.1, -0.05) is 26.2 Å². The van der Waals surface area contributed by atoms with Gasteiger partial charge in [-0.2, -0.15) is 0 Å². The number of carbonyl (C=O) groups excluding carboxylic acids is 1. The van der Waals surface area contributed by atoms with Crippen LogP contribution < -0.4 is 5.73 Å². The highest BCUT2D eigenvalue weighted by atomic mass is 32.1. The summed E-state index contributed by atoms with van der Waals surface area (Å²) in [5.74, 6) is 0.238. The fourth-order valence-corrected chi connectivity index (χ4v) is 3.46. The minimum absolute atomic E-state index is 0.238. The average molecular weight is 251 g/mol. The third-order valence-corrected chi connectivity index (χ3v) is 4.93. The first-order chi connectivity index (χ1) is 8.14. The lowest BCUT2D eigenvalue weighted by Gasteiger charge is -2.31. The van der Waals surface area contributed by atoms with E-state index in [0.29, 0.717) is 6.42 Å². The highest BCUT2D eigenvalue weighted by Crippen LogP contribution is 2.28. The lowest BCUT2D eigenvalue weighted by molar-refractivity contribution is -0.124. The number of carbonyl (C=O) groups is 1. The first-order valence-electron chi connectivity index (χ1n) is 6.54. The van der Waals surface area contributed by atoms with Crippen LogP contribution in [0.2, 0.25) is 0 Å². The fourth-order valence-electron chi connectivity index (χ4n) is 2.50. The molecule has 0 amide bonds. The molecule has 0 aliphatic heterocycles. The number of Topliss-reactive ketones (excluding diaryl/α,β-unsaturated/α-hetero) is 1. The van der Waals surface area contributed by atoms with Crippen molar-refractivity contribution in [3.05, 3.63) is 21.9 Å². The average Bonchev–Trinajstić information content (AvgIpc) is 2.78. The third kappa shape index (κ3) is 2.96. The van der Waals surface area contributed by atoms with Crippen LogP contribution in [0.15, 0.2) is 12.1 Å². The number of thiophene rings is 1. The largest absolute Gasteiger partial charge is 0.319 e. The van der Waals surface area contributed by atoms with Crippen molar-refractivity contribution in [2.45, 2.75) is 57.4 Å². The second-order valence-electron chi connectivity index (χ2n) is 5.04. The monoisotopic (exact) mass is 251 g/mol. The number of hydrogen-bond donors (Lipinski definition) is 1. The van der Waals surface area contributed by atoms with E-state index in [2.05, 4.69) is 19.1 Å². The molecule has 2 N–H and O–H groups in total. The topological polar surface area (TPSA) is 43.1 Å². The summed E-state index contributed by atoms with van der Waals surface area (Å²) in [7, 11) is 0. The number of ketones is 1. The first-order valence-corrected chi connectivity index (χ1v) is 7.35. The van der Waals surface area contributed by atoms with E-state index in [4.69, 9.17) is 5.73 Å². The molecule has 1 aliphatic carbocycles. The van der Waals surface area contributed by atoms with E-state index in [-0.39, 0.29) is 5.78 Å². The molecule has 0 unspecified atom stereocenters. The molecule has 0 radical (unpaired) electrons. The van der Waals surface area contributed by atoms with Crippen LogP contribution >= 0.6 is 11.3 Å². The van der Waals surface area contributed by atoms with E-state index < -0.39 is 5.54 Å². The van der Waals surface area contributed by atoms with Gasteiger partial charge in [0.1, 0.15) is 0 Å². The zero-order chi connectivity index (χ0) is 12.3. The Morgan fingerprint density at radius 1 is 1.29 bits per heavy atom. The predicted octanol–water partition coefficient (Wildman–Crippen LogP) is 3.08. The van der Waals surface area contributed by atoms with Gasteiger partial charge in [-0.3, -0.25) is 4.79 Å². The van der Waals surface area contributed by atoms with E-state index in [1.165, 1.54) is 16.2 Å². The molecule has 1 aliphatic rings. The zero-order valence-corrected chi connectivity index (χ0v) is 11.3. The minimum Gasteiger partial charge on any atom is -0.319 e. The normalized spacial score (nSPS) is 19.2. The van der Waals surface area contributed by atoms with Gasteiger partial charge in [-0.05, 0) is 31.4 Å². The van der Waals surface area contributed by atoms with E-state index in [1.54, 1.807) is 11.3 Å². The van der Waals surface area contributed by atoms with Gasteiger partial charge in [0.2, 0.25) is 0 Å². The number of aryl methyl sites for hydroxylation is 1. The number of hydrogen-bond acceptors (Lipinski definition) is 3. The van der Waals surface area contributed by atoms with Gasteiger partial charge in [-0.25, -0.2) is 0 Å². The summed E-state index contributed by atoms with van der Waals surface area (Å²) in [6.07, 6.45) is 6.76. The van der Waals surface area contributed by atoms with Gasteiger partial charge in [0, 0.05) is 16.2 Å². The summed E-state index contributed by atoms with van der Waals surface area (Å²) < 4.78 is 0. The maximum absolute atomic E-state index is 12.3. The molecule has 1 aromatic rings. The van der Waals surface area contributed by atoms with E-state index in [0.717, 1.165) is 32.1 Å².